The third kappa shape index (κ3) is 2.26. The van der Waals surface area contributed by atoms with E-state index in [9.17, 15) is 9.36 Å². The number of hydrogen-bond acceptors (Lipinski definition) is 2. The summed E-state index contributed by atoms with van der Waals surface area (Å²) in [5, 5.41) is 1.07. The summed E-state index contributed by atoms with van der Waals surface area (Å²) in [5.74, 6) is 0. The van der Waals surface area contributed by atoms with Crippen LogP contribution in [0, 0.1) is 0 Å². The lowest BCUT2D eigenvalue weighted by Gasteiger charge is -2.11. The molecule has 2 aromatic rings. The van der Waals surface area contributed by atoms with Crippen LogP contribution in [0.4, 0.5) is 0 Å². The van der Waals surface area contributed by atoms with Crippen molar-refractivity contribution in [3.05, 3.63) is 60.7 Å². The monoisotopic (exact) mass is 243 g/mol. The van der Waals surface area contributed by atoms with E-state index in [1.54, 1.807) is 48.5 Å². The van der Waals surface area contributed by atoms with Crippen molar-refractivity contribution < 1.29 is 9.36 Å². The number of nitrogens with zero attached hydrogens (tertiary/aromatic N) is 1. The second-order valence-corrected chi connectivity index (χ2v) is 5.82. The van der Waals surface area contributed by atoms with Gasteiger partial charge in [-0.3, -0.25) is 4.57 Å². The van der Waals surface area contributed by atoms with Gasteiger partial charge < -0.3 is 0 Å². The maximum Gasteiger partial charge on any atom is 0.258 e. The minimum absolute atomic E-state index is 0.537. The van der Waals surface area contributed by atoms with Crippen LogP contribution in [0.2, 0.25) is 0 Å². The third-order valence-corrected chi connectivity index (χ3v) is 4.75. The minimum Gasteiger partial charge on any atom is -0.287 e. The van der Waals surface area contributed by atoms with Gasteiger partial charge >= 0.3 is 0 Å². The highest BCUT2D eigenvalue weighted by atomic mass is 31.2. The molecule has 17 heavy (non-hydrogen) atoms. The van der Waals surface area contributed by atoms with Gasteiger partial charge in [0.1, 0.15) is 0 Å². The van der Waals surface area contributed by atoms with Crippen LogP contribution in [0.1, 0.15) is 0 Å². The summed E-state index contributed by atoms with van der Waals surface area (Å²) < 4.78 is 16.3. The van der Waals surface area contributed by atoms with Crippen molar-refractivity contribution in [2.24, 2.45) is 4.76 Å². The fourth-order valence-corrected chi connectivity index (χ4v) is 3.38. The molecule has 0 radical (unpaired) electrons. The van der Waals surface area contributed by atoms with Gasteiger partial charge in [0.15, 0.2) is 0 Å². The fourth-order valence-electron chi connectivity index (χ4n) is 1.58. The van der Waals surface area contributed by atoms with Gasteiger partial charge in [-0.1, -0.05) is 36.4 Å². The van der Waals surface area contributed by atoms with Crippen molar-refractivity contribution in [3.8, 4) is 0 Å². The molecular formula is C13H10NO2P. The second kappa shape index (κ2) is 4.92. The van der Waals surface area contributed by atoms with Crippen LogP contribution in [-0.2, 0) is 9.36 Å². The lowest BCUT2D eigenvalue weighted by Crippen LogP contribution is -2.13. The molecule has 0 heterocycles. The molecule has 2 aromatic carbocycles. The maximum absolute atomic E-state index is 12.8. The molecule has 0 saturated carbocycles. The Kier molecular flexibility index (Phi) is 3.34. The largest absolute Gasteiger partial charge is 0.287 e. The first-order valence-electron chi connectivity index (χ1n) is 5.08. The average molecular weight is 243 g/mol. The molecule has 0 aromatic heterocycles. The molecule has 0 aliphatic heterocycles. The summed E-state index contributed by atoms with van der Waals surface area (Å²) in [6.45, 7) is 0. The van der Waals surface area contributed by atoms with E-state index in [4.69, 9.17) is 0 Å². The van der Waals surface area contributed by atoms with Gasteiger partial charge in [-0.15, -0.1) is 4.76 Å². The molecule has 0 fully saturated rings. The van der Waals surface area contributed by atoms with E-state index >= 15 is 0 Å². The topological polar surface area (TPSA) is 46.5 Å². The molecule has 0 N–H and O–H groups in total. The Labute approximate surface area is 99.3 Å². The first-order chi connectivity index (χ1) is 8.27. The molecular weight excluding hydrogens is 233 g/mol. The zero-order valence-corrected chi connectivity index (χ0v) is 9.88. The van der Waals surface area contributed by atoms with Gasteiger partial charge in [0.2, 0.25) is 6.08 Å². The quantitative estimate of drug-likeness (QED) is 0.471. The number of rotatable bonds is 3. The molecule has 0 saturated heterocycles. The first-order valence-corrected chi connectivity index (χ1v) is 6.74. The minimum atomic E-state index is -3.22. The maximum atomic E-state index is 12.8. The summed E-state index contributed by atoms with van der Waals surface area (Å²) >= 11 is 0. The molecule has 0 aliphatic rings. The van der Waals surface area contributed by atoms with Crippen LogP contribution in [0.3, 0.4) is 0 Å². The van der Waals surface area contributed by atoms with E-state index in [-0.39, 0.29) is 0 Å². The van der Waals surface area contributed by atoms with Gasteiger partial charge in [-0.2, -0.15) is 0 Å². The lowest BCUT2D eigenvalue weighted by molar-refractivity contribution is 0.564. The van der Waals surface area contributed by atoms with Gasteiger partial charge in [0, 0.05) is 10.6 Å². The van der Waals surface area contributed by atoms with Crippen molar-refractivity contribution in [2.45, 2.75) is 0 Å². The Morgan fingerprint density at radius 3 is 1.59 bits per heavy atom. The van der Waals surface area contributed by atoms with Gasteiger partial charge in [-0.25, -0.2) is 4.79 Å². The molecule has 0 atom stereocenters. The van der Waals surface area contributed by atoms with Crippen LogP contribution >= 0.6 is 7.29 Å². The molecule has 0 amide bonds. The Balaban J connectivity index is 2.64. The standard InChI is InChI=1S/C13H10NO2P/c15-11-14-17(16,12-7-3-1-4-8-12)13-9-5-2-6-10-13/h1-10H. The second-order valence-electron chi connectivity index (χ2n) is 3.44. The lowest BCUT2D eigenvalue weighted by atomic mass is 10.4. The van der Waals surface area contributed by atoms with Crippen molar-refractivity contribution in [3.63, 3.8) is 0 Å². The first kappa shape index (κ1) is 11.5. The predicted molar refractivity (Wildman–Crippen MR) is 67.9 cm³/mol. The van der Waals surface area contributed by atoms with Crippen molar-refractivity contribution in [1.29, 1.82) is 0 Å². The molecule has 4 heteroatoms. The van der Waals surface area contributed by atoms with Crippen LogP contribution in [0.5, 0.6) is 0 Å². The highest BCUT2D eigenvalue weighted by molar-refractivity contribution is 7.77. The Bertz CT molecular complexity index is 546. The van der Waals surface area contributed by atoms with E-state index in [1.165, 1.54) is 6.08 Å². The van der Waals surface area contributed by atoms with Gasteiger partial charge in [0.25, 0.3) is 7.29 Å². The number of hydrogen-bond donors (Lipinski definition) is 0. The van der Waals surface area contributed by atoms with Crippen molar-refractivity contribution in [1.82, 2.24) is 0 Å². The van der Waals surface area contributed by atoms with Crippen LogP contribution in [-0.4, -0.2) is 6.08 Å². The number of benzene rings is 2. The highest BCUT2D eigenvalue weighted by Gasteiger charge is 2.26. The number of carbonyl (C=O) groups excluding carboxylic acids is 1. The van der Waals surface area contributed by atoms with E-state index < -0.39 is 7.29 Å². The Morgan fingerprint density at radius 2 is 1.24 bits per heavy atom. The van der Waals surface area contributed by atoms with Crippen molar-refractivity contribution >= 4 is 24.0 Å². The predicted octanol–water partition coefficient (Wildman–Crippen LogP) is 2.25. The summed E-state index contributed by atoms with van der Waals surface area (Å²) in [4.78, 5) is 10.5. The van der Waals surface area contributed by atoms with Crippen LogP contribution in [0.15, 0.2) is 65.4 Å². The normalized spacial score (nSPS) is 10.6. The molecule has 0 unspecified atom stereocenters. The smallest absolute Gasteiger partial charge is 0.258 e. The summed E-state index contributed by atoms with van der Waals surface area (Å²) in [7, 11) is -3.22. The van der Waals surface area contributed by atoms with E-state index in [2.05, 4.69) is 4.76 Å². The summed E-state index contributed by atoms with van der Waals surface area (Å²) in [6, 6.07) is 17.5. The molecule has 0 aliphatic carbocycles. The molecule has 2 rings (SSSR count). The van der Waals surface area contributed by atoms with E-state index in [1.807, 2.05) is 12.1 Å². The Hall–Kier alpha value is -1.95. The highest BCUT2D eigenvalue weighted by Crippen LogP contribution is 2.44. The third-order valence-electron chi connectivity index (χ3n) is 2.39. The zero-order chi connectivity index (χ0) is 12.1. The SMILES string of the molecule is O=C=NP(=O)(c1ccccc1)c1ccccc1. The molecule has 84 valence electrons. The molecule has 0 bridgehead atoms. The number of isocyanates is 1. The van der Waals surface area contributed by atoms with Crippen molar-refractivity contribution in [2.75, 3.05) is 0 Å². The average Bonchev–Trinajstić information content (AvgIpc) is 2.41. The summed E-state index contributed by atoms with van der Waals surface area (Å²) in [6.07, 6.45) is 1.42. The summed E-state index contributed by atoms with van der Waals surface area (Å²) in [5.41, 5.74) is 0. The van der Waals surface area contributed by atoms with E-state index in [0.717, 1.165) is 0 Å². The molecule has 0 spiro atoms. The van der Waals surface area contributed by atoms with Gasteiger partial charge in [-0.05, 0) is 24.3 Å². The van der Waals surface area contributed by atoms with Crippen LogP contribution in [0.25, 0.3) is 0 Å². The fraction of sp³-hybridized carbons (Fsp3) is 0. The zero-order valence-electron chi connectivity index (χ0n) is 8.98. The molecule has 3 nitrogen and oxygen atoms in total. The van der Waals surface area contributed by atoms with Gasteiger partial charge in [0.05, 0.1) is 0 Å². The Morgan fingerprint density at radius 1 is 0.824 bits per heavy atom. The van der Waals surface area contributed by atoms with Crippen LogP contribution < -0.4 is 10.6 Å². The van der Waals surface area contributed by atoms with E-state index in [0.29, 0.717) is 10.6 Å².